The third kappa shape index (κ3) is 3.22. The Hall–Kier alpha value is -0.540. The Balaban J connectivity index is 1.94. The highest BCUT2D eigenvalue weighted by atomic mass is 32.2. The number of aromatic nitrogens is 1. The minimum atomic E-state index is 0.474. The van der Waals surface area contributed by atoms with E-state index in [2.05, 4.69) is 35.2 Å². The Labute approximate surface area is 102 Å². The van der Waals surface area contributed by atoms with Crippen LogP contribution in [-0.4, -0.2) is 23.5 Å². The van der Waals surface area contributed by atoms with Crippen molar-refractivity contribution in [2.24, 2.45) is 5.92 Å². The molecule has 3 heteroatoms. The van der Waals surface area contributed by atoms with Gasteiger partial charge in [-0.1, -0.05) is 6.07 Å². The fraction of sp³-hybridized carbons (Fsp3) is 0.615. The second-order valence-corrected chi connectivity index (χ2v) is 5.64. The number of nitrogens with zero attached hydrogens (tertiary/aromatic N) is 1. The third-order valence-corrected chi connectivity index (χ3v) is 4.39. The average Bonchev–Trinajstić information content (AvgIpc) is 2.38. The Morgan fingerprint density at radius 1 is 1.50 bits per heavy atom. The summed E-state index contributed by atoms with van der Waals surface area (Å²) in [6, 6.07) is 4.67. The summed E-state index contributed by atoms with van der Waals surface area (Å²) in [6.45, 7) is 0. The number of nitrogens with one attached hydrogen (secondary N) is 1. The smallest absolute Gasteiger partial charge is 0.0335 e. The zero-order chi connectivity index (χ0) is 11.2. The lowest BCUT2D eigenvalue weighted by atomic mass is 9.91. The van der Waals surface area contributed by atoms with Gasteiger partial charge >= 0.3 is 0 Å². The SMILES string of the molecule is CNC(CC1CCSCC1)c1cccnc1. The largest absolute Gasteiger partial charge is 0.313 e. The molecule has 1 unspecified atom stereocenters. The van der Waals surface area contributed by atoms with Gasteiger partial charge in [0.25, 0.3) is 0 Å². The summed E-state index contributed by atoms with van der Waals surface area (Å²) in [5, 5.41) is 3.42. The van der Waals surface area contributed by atoms with Crippen LogP contribution in [-0.2, 0) is 0 Å². The quantitative estimate of drug-likeness (QED) is 0.870. The molecule has 1 aromatic rings. The molecule has 0 saturated carbocycles. The molecule has 1 aliphatic rings. The molecule has 1 atom stereocenters. The van der Waals surface area contributed by atoms with E-state index in [1.807, 2.05) is 18.5 Å². The summed E-state index contributed by atoms with van der Waals surface area (Å²) in [7, 11) is 2.05. The van der Waals surface area contributed by atoms with Gasteiger partial charge in [0.1, 0.15) is 0 Å². The average molecular weight is 236 g/mol. The fourth-order valence-corrected chi connectivity index (χ4v) is 3.52. The van der Waals surface area contributed by atoms with Crippen LogP contribution in [0.25, 0.3) is 0 Å². The molecule has 1 aliphatic heterocycles. The van der Waals surface area contributed by atoms with Gasteiger partial charge in [-0.3, -0.25) is 4.98 Å². The maximum absolute atomic E-state index is 4.20. The maximum Gasteiger partial charge on any atom is 0.0335 e. The van der Waals surface area contributed by atoms with Crippen molar-refractivity contribution >= 4 is 11.8 Å². The summed E-state index contributed by atoms with van der Waals surface area (Å²) in [6.07, 6.45) is 7.83. The number of thioether (sulfide) groups is 1. The number of rotatable bonds is 4. The lowest BCUT2D eigenvalue weighted by Gasteiger charge is -2.26. The lowest BCUT2D eigenvalue weighted by molar-refractivity contribution is 0.384. The zero-order valence-corrected chi connectivity index (χ0v) is 10.7. The van der Waals surface area contributed by atoms with Gasteiger partial charge in [-0.2, -0.15) is 11.8 Å². The van der Waals surface area contributed by atoms with Gasteiger partial charge in [0, 0.05) is 18.4 Å². The Morgan fingerprint density at radius 2 is 2.31 bits per heavy atom. The van der Waals surface area contributed by atoms with E-state index in [9.17, 15) is 0 Å². The maximum atomic E-state index is 4.20. The monoisotopic (exact) mass is 236 g/mol. The van der Waals surface area contributed by atoms with Crippen molar-refractivity contribution in [1.29, 1.82) is 0 Å². The van der Waals surface area contributed by atoms with E-state index >= 15 is 0 Å². The summed E-state index contributed by atoms with van der Waals surface area (Å²) in [5.74, 6) is 3.57. The van der Waals surface area contributed by atoms with Crippen LogP contribution in [0.5, 0.6) is 0 Å². The van der Waals surface area contributed by atoms with E-state index in [1.54, 1.807) is 0 Å². The molecule has 0 aliphatic carbocycles. The highest BCUT2D eigenvalue weighted by Crippen LogP contribution is 2.30. The van der Waals surface area contributed by atoms with Gasteiger partial charge in [-0.15, -0.1) is 0 Å². The van der Waals surface area contributed by atoms with E-state index in [-0.39, 0.29) is 0 Å². The second-order valence-electron chi connectivity index (χ2n) is 4.42. The first-order valence-electron chi connectivity index (χ1n) is 6.05. The van der Waals surface area contributed by atoms with E-state index in [4.69, 9.17) is 0 Å². The first kappa shape index (κ1) is 11.9. The molecule has 0 spiro atoms. The molecule has 1 aromatic heterocycles. The van der Waals surface area contributed by atoms with E-state index in [0.29, 0.717) is 6.04 Å². The number of hydrogen-bond donors (Lipinski definition) is 1. The number of pyridine rings is 1. The third-order valence-electron chi connectivity index (χ3n) is 3.35. The molecule has 0 radical (unpaired) electrons. The molecular weight excluding hydrogens is 216 g/mol. The van der Waals surface area contributed by atoms with Crippen molar-refractivity contribution in [3.63, 3.8) is 0 Å². The summed E-state index contributed by atoms with van der Waals surface area (Å²) >= 11 is 2.10. The van der Waals surface area contributed by atoms with Crippen LogP contribution in [0.1, 0.15) is 30.9 Å². The molecule has 1 fully saturated rings. The first-order chi connectivity index (χ1) is 7.90. The van der Waals surface area contributed by atoms with Crippen molar-refractivity contribution in [3.05, 3.63) is 30.1 Å². The van der Waals surface area contributed by atoms with Gasteiger partial charge in [0.15, 0.2) is 0 Å². The standard InChI is InChI=1S/C13H20N2S/c1-14-13(12-3-2-6-15-10-12)9-11-4-7-16-8-5-11/h2-3,6,10-11,13-14H,4-5,7-9H2,1H3. The van der Waals surface area contributed by atoms with Gasteiger partial charge in [0.2, 0.25) is 0 Å². The van der Waals surface area contributed by atoms with Gasteiger partial charge in [0.05, 0.1) is 0 Å². The molecule has 2 heterocycles. The molecule has 0 bridgehead atoms. The molecule has 0 amide bonds. The summed E-state index contributed by atoms with van der Waals surface area (Å²) < 4.78 is 0. The highest BCUT2D eigenvalue weighted by Gasteiger charge is 2.19. The number of hydrogen-bond acceptors (Lipinski definition) is 3. The molecule has 2 rings (SSSR count). The van der Waals surface area contributed by atoms with Crippen molar-refractivity contribution < 1.29 is 0 Å². The van der Waals surface area contributed by atoms with Crippen LogP contribution < -0.4 is 5.32 Å². The van der Waals surface area contributed by atoms with E-state index in [0.717, 1.165) is 5.92 Å². The van der Waals surface area contributed by atoms with Gasteiger partial charge in [-0.25, -0.2) is 0 Å². The van der Waals surface area contributed by atoms with Crippen LogP contribution in [0.3, 0.4) is 0 Å². The molecule has 1 N–H and O–H groups in total. The predicted molar refractivity (Wildman–Crippen MR) is 70.7 cm³/mol. The molecule has 16 heavy (non-hydrogen) atoms. The minimum absolute atomic E-state index is 0.474. The Bertz CT molecular complexity index is 296. The topological polar surface area (TPSA) is 24.9 Å². The highest BCUT2D eigenvalue weighted by molar-refractivity contribution is 7.99. The summed E-state index contributed by atoms with van der Waals surface area (Å²) in [4.78, 5) is 4.20. The van der Waals surface area contributed by atoms with Crippen molar-refractivity contribution in [3.8, 4) is 0 Å². The first-order valence-corrected chi connectivity index (χ1v) is 7.20. The second kappa shape index (κ2) is 6.26. The summed E-state index contributed by atoms with van der Waals surface area (Å²) in [5.41, 5.74) is 1.32. The van der Waals surface area contributed by atoms with Crippen LogP contribution in [0.2, 0.25) is 0 Å². The Morgan fingerprint density at radius 3 is 2.94 bits per heavy atom. The molecule has 1 saturated heterocycles. The zero-order valence-electron chi connectivity index (χ0n) is 9.86. The fourth-order valence-electron chi connectivity index (χ4n) is 2.32. The molecule has 88 valence electrons. The van der Waals surface area contributed by atoms with Crippen molar-refractivity contribution in [1.82, 2.24) is 10.3 Å². The van der Waals surface area contributed by atoms with Crippen LogP contribution >= 0.6 is 11.8 Å². The molecular formula is C13H20N2S. The predicted octanol–water partition coefficient (Wildman–Crippen LogP) is 2.88. The van der Waals surface area contributed by atoms with Gasteiger partial charge < -0.3 is 5.32 Å². The Kier molecular flexibility index (Phi) is 4.67. The van der Waals surface area contributed by atoms with Crippen LogP contribution in [0, 0.1) is 5.92 Å². The van der Waals surface area contributed by atoms with Crippen LogP contribution in [0.15, 0.2) is 24.5 Å². The lowest BCUT2D eigenvalue weighted by Crippen LogP contribution is -2.22. The van der Waals surface area contributed by atoms with E-state index in [1.165, 1.54) is 36.3 Å². The van der Waals surface area contributed by atoms with Crippen molar-refractivity contribution in [2.45, 2.75) is 25.3 Å². The minimum Gasteiger partial charge on any atom is -0.313 e. The molecule has 2 nitrogen and oxygen atoms in total. The van der Waals surface area contributed by atoms with Crippen LogP contribution in [0.4, 0.5) is 0 Å². The van der Waals surface area contributed by atoms with Crippen molar-refractivity contribution in [2.75, 3.05) is 18.6 Å². The molecule has 0 aromatic carbocycles. The van der Waals surface area contributed by atoms with Gasteiger partial charge in [-0.05, 0) is 55.4 Å². The van der Waals surface area contributed by atoms with E-state index < -0.39 is 0 Å². The normalized spacial score (nSPS) is 19.6.